The van der Waals surface area contributed by atoms with Gasteiger partial charge in [0.05, 0.1) is 6.16 Å². The zero-order valence-corrected chi connectivity index (χ0v) is 10.2. The number of hydrogen-bond acceptors (Lipinski definition) is 2. The Balaban J connectivity index is 2.43. The Kier molecular flexibility index (Phi) is 5.34. The zero-order chi connectivity index (χ0) is 11.1. The van der Waals surface area contributed by atoms with Crippen LogP contribution < -0.4 is 4.74 Å². The van der Waals surface area contributed by atoms with Crippen molar-refractivity contribution in [2.24, 2.45) is 0 Å². The maximum absolute atomic E-state index is 11.5. The summed E-state index contributed by atoms with van der Waals surface area (Å²) in [5, 5.41) is 0. The maximum Gasteiger partial charge on any atom is 0.315 e. The van der Waals surface area contributed by atoms with Crippen LogP contribution in [0.1, 0.15) is 13.8 Å². The third-order valence-electron chi connectivity index (χ3n) is 2.22. The maximum atomic E-state index is 11.5. The van der Waals surface area contributed by atoms with Gasteiger partial charge in [0.15, 0.2) is 0 Å². The number of hydrogen-bond donors (Lipinski definition) is 0. The predicted molar refractivity (Wildman–Crippen MR) is 64.9 cm³/mol. The monoisotopic (exact) mass is 224 g/mol. The van der Waals surface area contributed by atoms with Crippen LogP contribution in [-0.2, 0) is 4.79 Å². The van der Waals surface area contributed by atoms with Gasteiger partial charge < -0.3 is 4.74 Å². The summed E-state index contributed by atoms with van der Waals surface area (Å²) in [6, 6.07) is 9.24. The lowest BCUT2D eigenvalue weighted by Crippen LogP contribution is -2.13. The highest BCUT2D eigenvalue weighted by Crippen LogP contribution is 2.33. The molecule has 15 heavy (non-hydrogen) atoms. The minimum absolute atomic E-state index is 0.101. The van der Waals surface area contributed by atoms with Gasteiger partial charge in [0.1, 0.15) is 5.75 Å². The van der Waals surface area contributed by atoms with E-state index in [1.165, 1.54) is 0 Å². The van der Waals surface area contributed by atoms with Gasteiger partial charge in [-0.3, -0.25) is 4.79 Å². The van der Waals surface area contributed by atoms with Crippen molar-refractivity contribution in [1.29, 1.82) is 0 Å². The van der Waals surface area contributed by atoms with E-state index in [1.807, 2.05) is 18.2 Å². The minimum Gasteiger partial charge on any atom is -0.426 e. The van der Waals surface area contributed by atoms with Crippen LogP contribution in [0.15, 0.2) is 30.3 Å². The van der Waals surface area contributed by atoms with Crippen molar-refractivity contribution in [3.8, 4) is 5.75 Å². The average Bonchev–Trinajstić information content (AvgIpc) is 2.27. The lowest BCUT2D eigenvalue weighted by atomic mass is 10.3. The summed E-state index contributed by atoms with van der Waals surface area (Å²) in [5.74, 6) is 0.542. The largest absolute Gasteiger partial charge is 0.426 e. The van der Waals surface area contributed by atoms with Crippen LogP contribution in [0.25, 0.3) is 0 Å². The first-order chi connectivity index (χ1) is 7.26. The van der Waals surface area contributed by atoms with E-state index in [9.17, 15) is 4.79 Å². The SMILES string of the molecule is CCP(CC)CC(=O)Oc1ccccc1. The smallest absolute Gasteiger partial charge is 0.315 e. The summed E-state index contributed by atoms with van der Waals surface area (Å²) in [7, 11) is -0.166. The zero-order valence-electron chi connectivity index (χ0n) is 9.27. The highest BCUT2D eigenvalue weighted by molar-refractivity contribution is 7.58. The van der Waals surface area contributed by atoms with Crippen LogP contribution in [0.4, 0.5) is 0 Å². The highest BCUT2D eigenvalue weighted by Gasteiger charge is 2.11. The number of carbonyl (C=O) groups excluding carboxylic acids is 1. The lowest BCUT2D eigenvalue weighted by molar-refractivity contribution is -0.131. The van der Waals surface area contributed by atoms with Gasteiger partial charge in [-0.15, -0.1) is 0 Å². The van der Waals surface area contributed by atoms with Crippen molar-refractivity contribution < 1.29 is 9.53 Å². The van der Waals surface area contributed by atoms with Gasteiger partial charge in [0.25, 0.3) is 0 Å². The predicted octanol–water partition coefficient (Wildman–Crippen LogP) is 3.11. The molecule has 1 aromatic carbocycles. The molecule has 0 heterocycles. The van der Waals surface area contributed by atoms with Gasteiger partial charge in [-0.1, -0.05) is 40.0 Å². The molecule has 0 amide bonds. The number of benzene rings is 1. The Morgan fingerprint density at radius 2 is 1.80 bits per heavy atom. The average molecular weight is 224 g/mol. The molecule has 3 heteroatoms. The van der Waals surface area contributed by atoms with Gasteiger partial charge >= 0.3 is 5.97 Å². The molecule has 0 atom stereocenters. The van der Waals surface area contributed by atoms with E-state index >= 15 is 0 Å². The summed E-state index contributed by atoms with van der Waals surface area (Å²) in [5.41, 5.74) is 0. The molecule has 0 aliphatic heterocycles. The molecule has 0 saturated heterocycles. The normalized spacial score (nSPS) is 10.3. The van der Waals surface area contributed by atoms with E-state index in [1.54, 1.807) is 12.1 Å². The fraction of sp³-hybridized carbons (Fsp3) is 0.417. The number of esters is 1. The molecule has 0 aromatic heterocycles. The van der Waals surface area contributed by atoms with E-state index in [0.717, 1.165) is 12.3 Å². The molecule has 1 aromatic rings. The van der Waals surface area contributed by atoms with E-state index < -0.39 is 0 Å². The molecule has 1 rings (SSSR count). The third kappa shape index (κ3) is 4.44. The fourth-order valence-electron chi connectivity index (χ4n) is 1.28. The Morgan fingerprint density at radius 3 is 2.33 bits per heavy atom. The second-order valence-electron chi connectivity index (χ2n) is 3.25. The van der Waals surface area contributed by atoms with Gasteiger partial charge in [-0.05, 0) is 24.5 Å². The lowest BCUT2D eigenvalue weighted by Gasteiger charge is -2.11. The number of rotatable bonds is 5. The molecule has 0 unspecified atom stereocenters. The summed E-state index contributed by atoms with van der Waals surface area (Å²) in [6.45, 7) is 4.26. The molecule has 0 bridgehead atoms. The van der Waals surface area contributed by atoms with Crippen molar-refractivity contribution >= 4 is 13.9 Å². The molecule has 0 N–H and O–H groups in total. The molecule has 82 valence electrons. The van der Waals surface area contributed by atoms with Crippen LogP contribution >= 0.6 is 7.92 Å². The Hall–Kier alpha value is -0.880. The molecule has 0 radical (unpaired) electrons. The van der Waals surface area contributed by atoms with Crippen molar-refractivity contribution in [2.75, 3.05) is 18.5 Å². The quantitative estimate of drug-likeness (QED) is 0.436. The molecule has 0 spiro atoms. The first kappa shape index (κ1) is 12.2. The second kappa shape index (κ2) is 6.58. The van der Waals surface area contributed by atoms with Gasteiger partial charge in [0, 0.05) is 0 Å². The first-order valence-electron chi connectivity index (χ1n) is 5.24. The van der Waals surface area contributed by atoms with Gasteiger partial charge in [-0.25, -0.2) is 0 Å². The molecular weight excluding hydrogens is 207 g/mol. The van der Waals surface area contributed by atoms with E-state index in [0.29, 0.717) is 11.9 Å². The summed E-state index contributed by atoms with van der Waals surface area (Å²) in [4.78, 5) is 11.5. The van der Waals surface area contributed by atoms with Crippen LogP contribution in [0.3, 0.4) is 0 Å². The number of carbonyl (C=O) groups is 1. The van der Waals surface area contributed by atoms with Crippen LogP contribution in [0, 0.1) is 0 Å². The Labute approximate surface area is 92.4 Å². The molecular formula is C12H17O2P. The minimum atomic E-state index is -0.166. The van der Waals surface area contributed by atoms with E-state index in [2.05, 4.69) is 13.8 Å². The van der Waals surface area contributed by atoms with Crippen LogP contribution in [0.2, 0.25) is 0 Å². The topological polar surface area (TPSA) is 26.3 Å². The van der Waals surface area contributed by atoms with Crippen LogP contribution in [-0.4, -0.2) is 24.5 Å². The Bertz CT molecular complexity index is 294. The molecule has 0 fully saturated rings. The van der Waals surface area contributed by atoms with Crippen molar-refractivity contribution in [1.82, 2.24) is 0 Å². The summed E-state index contributed by atoms with van der Waals surface area (Å²) >= 11 is 0. The van der Waals surface area contributed by atoms with E-state index in [4.69, 9.17) is 4.74 Å². The van der Waals surface area contributed by atoms with Crippen molar-refractivity contribution in [3.63, 3.8) is 0 Å². The van der Waals surface area contributed by atoms with Crippen molar-refractivity contribution in [2.45, 2.75) is 13.8 Å². The molecule has 0 aliphatic carbocycles. The number of para-hydroxylation sites is 1. The fourth-order valence-corrected chi connectivity index (χ4v) is 2.61. The number of ether oxygens (including phenoxy) is 1. The van der Waals surface area contributed by atoms with Gasteiger partial charge in [-0.2, -0.15) is 0 Å². The first-order valence-corrected chi connectivity index (χ1v) is 7.14. The molecule has 0 saturated carbocycles. The third-order valence-corrected chi connectivity index (χ3v) is 4.72. The summed E-state index contributed by atoms with van der Waals surface area (Å²) in [6.07, 6.45) is 2.77. The van der Waals surface area contributed by atoms with Crippen LogP contribution in [0.5, 0.6) is 5.75 Å². The summed E-state index contributed by atoms with van der Waals surface area (Å²) < 4.78 is 5.23. The molecule has 2 nitrogen and oxygen atoms in total. The van der Waals surface area contributed by atoms with Crippen molar-refractivity contribution in [3.05, 3.63) is 30.3 Å². The Morgan fingerprint density at radius 1 is 1.20 bits per heavy atom. The van der Waals surface area contributed by atoms with E-state index in [-0.39, 0.29) is 13.9 Å². The second-order valence-corrected chi connectivity index (χ2v) is 6.17. The highest BCUT2D eigenvalue weighted by atomic mass is 31.1. The van der Waals surface area contributed by atoms with Gasteiger partial charge in [0.2, 0.25) is 0 Å². The molecule has 0 aliphatic rings. The standard InChI is InChI=1S/C12H17O2P/c1-3-15(4-2)10-12(13)14-11-8-6-5-7-9-11/h5-9H,3-4,10H2,1-2H3.